The van der Waals surface area contributed by atoms with Crippen LogP contribution in [-0.4, -0.2) is 67.5 Å². The first-order valence-electron chi connectivity index (χ1n) is 14.9. The van der Waals surface area contributed by atoms with Gasteiger partial charge in [-0.05, 0) is 51.3 Å². The van der Waals surface area contributed by atoms with Crippen LogP contribution in [0, 0.1) is 18.2 Å². The van der Waals surface area contributed by atoms with Crippen molar-refractivity contribution in [2.75, 3.05) is 49.3 Å². The van der Waals surface area contributed by atoms with E-state index < -0.39 is 0 Å². The van der Waals surface area contributed by atoms with Gasteiger partial charge in [0.15, 0.2) is 0 Å². The molecule has 42 heavy (non-hydrogen) atoms. The first-order valence-corrected chi connectivity index (χ1v) is 14.9. The molecule has 1 saturated heterocycles. The normalized spacial score (nSPS) is 12.9. The fourth-order valence-corrected chi connectivity index (χ4v) is 3.48. The van der Waals surface area contributed by atoms with E-state index in [2.05, 4.69) is 61.6 Å². The largest absolute Gasteiger partial charge is 0.405 e. The van der Waals surface area contributed by atoms with E-state index in [4.69, 9.17) is 18.0 Å². The summed E-state index contributed by atoms with van der Waals surface area (Å²) in [5, 5.41) is 1.31. The summed E-state index contributed by atoms with van der Waals surface area (Å²) in [6.45, 7) is 28.2. The predicted octanol–water partition coefficient (Wildman–Crippen LogP) is 6.17. The van der Waals surface area contributed by atoms with Crippen LogP contribution in [0.5, 0.6) is 0 Å². The standard InChI is InChI=1S/C24H34FN7O.C3H8.2C2H6.C2H4/c1-5-20(8-7-11-26)24(33)29(6-2)17-28-18-32(27)21-9-10-23(22(25)16-21)31-14-12-30(13-15-31)19(3)4;1-3-2;3*1-2/h1,7-11,16-17,19H,6,12-15,18,26-27H2,2-4H3;3H2,1-2H3;2*1-2H3;1-2H2/b11-7+,20-8-,28-17+;;;;. The molecule has 0 bridgehead atoms. The number of carbonyl (C=O) groups is 1. The number of hydrogen-bond acceptors (Lipinski definition) is 7. The molecule has 8 nitrogen and oxygen atoms in total. The molecular formula is C33H58FN7O. The number of nitrogens with zero attached hydrogens (tertiary/aromatic N) is 5. The lowest BCUT2D eigenvalue weighted by Crippen LogP contribution is -2.49. The van der Waals surface area contributed by atoms with E-state index in [0.717, 1.165) is 26.2 Å². The maximum Gasteiger partial charge on any atom is 0.267 e. The van der Waals surface area contributed by atoms with E-state index in [9.17, 15) is 9.18 Å². The molecule has 0 saturated carbocycles. The number of aliphatic imine (C=N–C) groups is 1. The van der Waals surface area contributed by atoms with Gasteiger partial charge in [-0.15, -0.1) is 19.6 Å². The summed E-state index contributed by atoms with van der Waals surface area (Å²) in [5.41, 5.74) is 6.50. The molecule has 1 aromatic carbocycles. The van der Waals surface area contributed by atoms with Crippen LogP contribution in [0.4, 0.5) is 15.8 Å². The second-order valence-electron chi connectivity index (χ2n) is 8.57. The van der Waals surface area contributed by atoms with E-state index in [1.165, 1.54) is 47.1 Å². The second-order valence-corrected chi connectivity index (χ2v) is 8.57. The Bertz CT molecular complexity index is 962. The molecular weight excluding hydrogens is 529 g/mol. The molecule has 0 spiro atoms. The zero-order valence-electron chi connectivity index (χ0n) is 27.7. The number of amides is 1. The summed E-state index contributed by atoms with van der Waals surface area (Å²) in [6, 6.07) is 5.40. The molecule has 1 amide bonds. The second kappa shape index (κ2) is 27.6. The van der Waals surface area contributed by atoms with Crippen molar-refractivity contribution in [2.45, 2.75) is 74.8 Å². The van der Waals surface area contributed by atoms with Crippen molar-refractivity contribution in [3.63, 3.8) is 0 Å². The molecule has 0 unspecified atom stereocenters. The van der Waals surface area contributed by atoms with E-state index in [1.54, 1.807) is 19.1 Å². The van der Waals surface area contributed by atoms with E-state index in [-0.39, 0.29) is 24.0 Å². The monoisotopic (exact) mass is 587 g/mol. The Balaban J connectivity index is -0.00000152. The summed E-state index contributed by atoms with van der Waals surface area (Å²) in [6.07, 6.45) is 12.3. The first-order chi connectivity index (χ1) is 20.2. The van der Waals surface area contributed by atoms with Crippen molar-refractivity contribution < 1.29 is 9.18 Å². The van der Waals surface area contributed by atoms with Crippen molar-refractivity contribution in [1.82, 2.24) is 9.80 Å². The van der Waals surface area contributed by atoms with Crippen LogP contribution in [0.25, 0.3) is 0 Å². The van der Waals surface area contributed by atoms with Gasteiger partial charge in [-0.25, -0.2) is 10.2 Å². The van der Waals surface area contributed by atoms with Crippen molar-refractivity contribution in [3.05, 3.63) is 61.1 Å². The number of hydrazine groups is 1. The molecule has 1 aliphatic rings. The maximum absolute atomic E-state index is 14.8. The van der Waals surface area contributed by atoms with Gasteiger partial charge in [0.05, 0.1) is 23.3 Å². The van der Waals surface area contributed by atoms with Gasteiger partial charge in [0, 0.05) is 44.8 Å². The number of rotatable bonds is 9. The highest BCUT2D eigenvalue weighted by molar-refractivity contribution is 6.03. The third-order valence-electron chi connectivity index (χ3n) is 5.46. The van der Waals surface area contributed by atoms with Crippen LogP contribution in [-0.2, 0) is 4.79 Å². The minimum atomic E-state index is -0.376. The van der Waals surface area contributed by atoms with Crippen LogP contribution in [0.1, 0.15) is 68.7 Å². The Hall–Kier alpha value is -3.61. The molecule has 238 valence electrons. The zero-order valence-corrected chi connectivity index (χ0v) is 27.7. The predicted molar refractivity (Wildman–Crippen MR) is 183 cm³/mol. The van der Waals surface area contributed by atoms with Crippen LogP contribution in [0.15, 0.2) is 60.3 Å². The molecule has 4 N–H and O–H groups in total. The Morgan fingerprint density at radius 1 is 1.14 bits per heavy atom. The molecule has 1 fully saturated rings. The molecule has 1 heterocycles. The Kier molecular flexibility index (Phi) is 28.1. The van der Waals surface area contributed by atoms with Crippen LogP contribution >= 0.6 is 0 Å². The third-order valence-corrected chi connectivity index (χ3v) is 5.46. The number of hydrogen-bond donors (Lipinski definition) is 2. The lowest BCUT2D eigenvalue weighted by atomic mass is 10.2. The number of terminal acetylenes is 1. The molecule has 1 aliphatic heterocycles. The summed E-state index contributed by atoms with van der Waals surface area (Å²) in [7, 11) is 0. The van der Waals surface area contributed by atoms with Gasteiger partial charge in [-0.2, -0.15) is 0 Å². The lowest BCUT2D eigenvalue weighted by molar-refractivity contribution is -0.122. The molecule has 0 radical (unpaired) electrons. The van der Waals surface area contributed by atoms with Crippen LogP contribution < -0.4 is 21.5 Å². The zero-order chi connectivity index (χ0) is 33.1. The number of likely N-dealkylation sites (N-methyl/N-ethyl adjacent to an activating group) is 1. The topological polar surface area (TPSA) is 94.4 Å². The number of allylic oxidation sites excluding steroid dienone is 2. The minimum absolute atomic E-state index is 0.0352. The fourth-order valence-electron chi connectivity index (χ4n) is 3.48. The van der Waals surface area contributed by atoms with Crippen molar-refractivity contribution in [3.8, 4) is 12.3 Å². The Morgan fingerprint density at radius 2 is 1.69 bits per heavy atom. The summed E-state index contributed by atoms with van der Waals surface area (Å²) >= 11 is 0. The SMILES string of the molecule is C#C/C(=C/C=C/N)C(=O)N(/C=N/CN(N)c1ccc(N2CCN(C(C)C)CC2)c(F)c1)CC.C=C.CC.CC.CCC. The van der Waals surface area contributed by atoms with Gasteiger partial charge >= 0.3 is 0 Å². The Labute approximate surface area is 256 Å². The number of halogens is 1. The van der Waals surface area contributed by atoms with E-state index in [0.29, 0.717) is 24.0 Å². The summed E-state index contributed by atoms with van der Waals surface area (Å²) in [4.78, 5) is 22.5. The Morgan fingerprint density at radius 3 is 2.12 bits per heavy atom. The lowest BCUT2D eigenvalue weighted by Gasteiger charge is -2.38. The number of anilines is 2. The molecule has 0 aliphatic carbocycles. The molecule has 0 atom stereocenters. The molecule has 9 heteroatoms. The van der Waals surface area contributed by atoms with Crippen LogP contribution in [0.2, 0.25) is 0 Å². The number of nitrogens with two attached hydrogens (primary N) is 2. The number of piperazine rings is 1. The van der Waals surface area contributed by atoms with Gasteiger partial charge in [-0.3, -0.25) is 24.6 Å². The highest BCUT2D eigenvalue weighted by Crippen LogP contribution is 2.25. The average molecular weight is 588 g/mol. The molecule has 2 rings (SSSR count). The van der Waals surface area contributed by atoms with Crippen molar-refractivity contribution in [1.29, 1.82) is 0 Å². The van der Waals surface area contributed by atoms with E-state index in [1.807, 2.05) is 27.7 Å². The third kappa shape index (κ3) is 16.0. The van der Waals surface area contributed by atoms with Gasteiger partial charge < -0.3 is 10.6 Å². The van der Waals surface area contributed by atoms with Gasteiger partial charge in [0.25, 0.3) is 5.91 Å². The first kappa shape index (κ1) is 42.9. The quantitative estimate of drug-likeness (QED) is 0.0524. The van der Waals surface area contributed by atoms with Gasteiger partial charge in [0.2, 0.25) is 0 Å². The number of carbonyl (C=O) groups excluding carboxylic acids is 1. The van der Waals surface area contributed by atoms with Crippen LogP contribution in [0.3, 0.4) is 0 Å². The minimum Gasteiger partial charge on any atom is -0.405 e. The molecule has 0 aromatic heterocycles. The highest BCUT2D eigenvalue weighted by Gasteiger charge is 2.21. The average Bonchev–Trinajstić information content (AvgIpc) is 3.02. The smallest absolute Gasteiger partial charge is 0.267 e. The van der Waals surface area contributed by atoms with Gasteiger partial charge in [-0.1, -0.05) is 53.9 Å². The number of benzene rings is 1. The summed E-state index contributed by atoms with van der Waals surface area (Å²) < 4.78 is 14.8. The van der Waals surface area contributed by atoms with Crippen molar-refractivity contribution in [2.24, 2.45) is 16.6 Å². The summed E-state index contributed by atoms with van der Waals surface area (Å²) in [5.74, 6) is 7.70. The van der Waals surface area contributed by atoms with Crippen molar-refractivity contribution >= 4 is 23.6 Å². The molecule has 1 aromatic rings. The maximum atomic E-state index is 14.8. The van der Waals surface area contributed by atoms with Gasteiger partial charge in [0.1, 0.15) is 12.5 Å². The van der Waals surface area contributed by atoms with E-state index >= 15 is 0 Å². The highest BCUT2D eigenvalue weighted by atomic mass is 19.1. The fraction of sp³-hybridized carbons (Fsp3) is 0.515.